The summed E-state index contributed by atoms with van der Waals surface area (Å²) in [6.45, 7) is 5.41. The number of nitrogens with zero attached hydrogens (tertiary/aromatic N) is 1. The Bertz CT molecular complexity index is 1760. The molecule has 13 heteroatoms. The summed E-state index contributed by atoms with van der Waals surface area (Å²) in [5.41, 5.74) is -2.68. The smallest absolute Gasteiger partial charge is 0.198 e. The second kappa shape index (κ2) is 10.1. The van der Waals surface area contributed by atoms with Crippen LogP contribution in [0, 0.1) is 0 Å². The van der Waals surface area contributed by atoms with Gasteiger partial charge in [0.25, 0.3) is 0 Å². The molecule has 46 heavy (non-hydrogen) atoms. The number of carbonyl (C=O) groups excluding carboxylic acids is 2. The number of fused-ring (bicyclic) bond motifs is 8. The van der Waals surface area contributed by atoms with E-state index in [0.29, 0.717) is 29.9 Å². The quantitative estimate of drug-likeness (QED) is 0.243. The predicted octanol–water partition coefficient (Wildman–Crippen LogP) is 2.26. The van der Waals surface area contributed by atoms with E-state index in [0.717, 1.165) is 12.0 Å². The lowest BCUT2D eigenvalue weighted by atomic mass is 9.69. The number of aliphatic hydroxyl groups is 3. The maximum atomic E-state index is 13.8. The average molecular weight is 655 g/mol. The number of ketones is 2. The van der Waals surface area contributed by atoms with Crippen molar-refractivity contribution in [2.45, 2.75) is 93.6 Å². The van der Waals surface area contributed by atoms with E-state index in [1.54, 1.807) is 0 Å². The average Bonchev–Trinajstić information content (AvgIpc) is 3.62. The van der Waals surface area contributed by atoms with E-state index in [2.05, 4.69) is 10.3 Å². The molecular formula is C33H35ClN2O10. The van der Waals surface area contributed by atoms with Gasteiger partial charge in [-0.05, 0) is 63.0 Å². The summed E-state index contributed by atoms with van der Waals surface area (Å²) in [6, 6.07) is 5.79. The van der Waals surface area contributed by atoms with Gasteiger partial charge in [-0.3, -0.25) is 14.6 Å². The van der Waals surface area contributed by atoms with Gasteiger partial charge in [-0.2, -0.15) is 0 Å². The Kier molecular flexibility index (Phi) is 6.84. The second-order valence-corrected chi connectivity index (χ2v) is 13.3. The SMILES string of the molecule is CC(O)C1(O)C(O)CC(O[C@@H]2c3cc4c(c(O)c3[C@@H]3C[C@@]2(C)OC32C=C3CCN=C3N2)C(=O)c2cccc(O)c2C4=O)OC1C.Cl. The van der Waals surface area contributed by atoms with Gasteiger partial charge in [-0.1, -0.05) is 12.1 Å². The first-order chi connectivity index (χ1) is 21.3. The number of benzene rings is 2. The number of phenolic OH excluding ortho intramolecular Hbond substituents is 2. The van der Waals surface area contributed by atoms with Crippen molar-refractivity contribution < 1.29 is 49.3 Å². The van der Waals surface area contributed by atoms with Crippen molar-refractivity contribution in [3.05, 3.63) is 69.3 Å². The number of aromatic hydroxyl groups is 2. The summed E-state index contributed by atoms with van der Waals surface area (Å²) < 4.78 is 19.4. The molecule has 6 N–H and O–H groups in total. The van der Waals surface area contributed by atoms with E-state index < -0.39 is 65.1 Å². The zero-order valence-corrected chi connectivity index (χ0v) is 26.1. The Labute approximate surface area is 270 Å². The molecule has 8 rings (SSSR count). The van der Waals surface area contributed by atoms with Crippen molar-refractivity contribution in [1.82, 2.24) is 5.32 Å². The minimum atomic E-state index is -1.93. The van der Waals surface area contributed by atoms with Gasteiger partial charge in [-0.15, -0.1) is 12.4 Å². The number of carbonyl (C=O) groups is 2. The van der Waals surface area contributed by atoms with Crippen LogP contribution in [0.3, 0.4) is 0 Å². The summed E-state index contributed by atoms with van der Waals surface area (Å²) in [6.07, 6.45) is -2.86. The van der Waals surface area contributed by atoms with Crippen LogP contribution < -0.4 is 5.32 Å². The third kappa shape index (κ3) is 3.92. The molecule has 4 heterocycles. The number of halogens is 1. The molecule has 6 unspecified atom stereocenters. The topological polar surface area (TPSA) is 187 Å². The first-order valence-electron chi connectivity index (χ1n) is 15.2. The van der Waals surface area contributed by atoms with Crippen LogP contribution in [0.15, 0.2) is 40.9 Å². The summed E-state index contributed by atoms with van der Waals surface area (Å²) in [5, 5.41) is 58.1. The highest BCUT2D eigenvalue weighted by atomic mass is 35.5. The van der Waals surface area contributed by atoms with Crippen LogP contribution in [-0.4, -0.2) is 91.0 Å². The molecule has 2 aromatic rings. The first kappa shape index (κ1) is 31.3. The highest BCUT2D eigenvalue weighted by Gasteiger charge is 2.65. The largest absolute Gasteiger partial charge is 0.507 e. The minimum Gasteiger partial charge on any atom is -0.507 e. The van der Waals surface area contributed by atoms with Crippen LogP contribution >= 0.6 is 12.4 Å². The number of phenols is 2. The van der Waals surface area contributed by atoms with E-state index in [9.17, 15) is 35.1 Å². The van der Waals surface area contributed by atoms with Crippen molar-refractivity contribution in [3.8, 4) is 11.5 Å². The first-order valence-corrected chi connectivity index (χ1v) is 15.2. The number of hydrogen-bond donors (Lipinski definition) is 6. The lowest BCUT2D eigenvalue weighted by Gasteiger charge is -2.48. The van der Waals surface area contributed by atoms with Gasteiger partial charge >= 0.3 is 0 Å². The fraction of sp³-hybridized carbons (Fsp3) is 0.485. The summed E-state index contributed by atoms with van der Waals surface area (Å²) in [7, 11) is 0. The van der Waals surface area contributed by atoms with Gasteiger partial charge in [0.15, 0.2) is 23.6 Å². The van der Waals surface area contributed by atoms with E-state index in [1.807, 2.05) is 13.0 Å². The van der Waals surface area contributed by atoms with Crippen molar-refractivity contribution in [1.29, 1.82) is 0 Å². The van der Waals surface area contributed by atoms with Crippen LogP contribution in [0.4, 0.5) is 0 Å². The Morgan fingerprint density at radius 1 is 1.15 bits per heavy atom. The Balaban J connectivity index is 0.00000338. The van der Waals surface area contributed by atoms with Gasteiger partial charge in [-0.25, -0.2) is 0 Å². The molecule has 2 fully saturated rings. The molecule has 0 radical (unpaired) electrons. The molecule has 244 valence electrons. The molecule has 0 amide bonds. The number of ether oxygens (including phenoxy) is 3. The maximum Gasteiger partial charge on any atom is 0.198 e. The number of hydrogen-bond acceptors (Lipinski definition) is 12. The highest BCUT2D eigenvalue weighted by Crippen LogP contribution is 2.63. The number of aliphatic imine (C=N–C) groups is 1. The minimum absolute atomic E-state index is 0. The molecule has 0 saturated carbocycles. The summed E-state index contributed by atoms with van der Waals surface area (Å²) in [5.74, 6) is -1.69. The molecule has 0 aromatic heterocycles. The monoisotopic (exact) mass is 654 g/mol. The fourth-order valence-corrected chi connectivity index (χ4v) is 8.40. The maximum absolute atomic E-state index is 13.8. The van der Waals surface area contributed by atoms with Crippen molar-refractivity contribution in [2.75, 3.05) is 6.54 Å². The van der Waals surface area contributed by atoms with Crippen LogP contribution in [-0.2, 0) is 14.2 Å². The molecule has 6 aliphatic rings. The van der Waals surface area contributed by atoms with Gasteiger partial charge in [0.05, 0.1) is 35.0 Å². The fourth-order valence-electron chi connectivity index (χ4n) is 8.40. The molecular weight excluding hydrogens is 620 g/mol. The molecule has 9 atom stereocenters. The number of rotatable bonds is 3. The van der Waals surface area contributed by atoms with Crippen LogP contribution in [0.25, 0.3) is 0 Å². The summed E-state index contributed by atoms with van der Waals surface area (Å²) in [4.78, 5) is 32.2. The van der Waals surface area contributed by atoms with Crippen molar-refractivity contribution in [3.63, 3.8) is 0 Å². The van der Waals surface area contributed by atoms with Gasteiger partial charge in [0.2, 0.25) is 0 Å². The molecule has 12 nitrogen and oxygen atoms in total. The molecule has 1 spiro atoms. The van der Waals surface area contributed by atoms with Crippen molar-refractivity contribution in [2.24, 2.45) is 4.99 Å². The zero-order valence-electron chi connectivity index (χ0n) is 25.3. The van der Waals surface area contributed by atoms with Crippen LogP contribution in [0.1, 0.15) is 95.0 Å². The Morgan fingerprint density at radius 3 is 2.59 bits per heavy atom. The molecule has 4 aliphatic heterocycles. The van der Waals surface area contributed by atoms with E-state index in [-0.39, 0.29) is 52.6 Å². The van der Waals surface area contributed by atoms with Gasteiger partial charge in [0, 0.05) is 35.6 Å². The zero-order chi connectivity index (χ0) is 31.8. The molecule has 2 aliphatic carbocycles. The number of aliphatic hydroxyl groups excluding tert-OH is 2. The normalized spacial score (nSPS) is 37.4. The highest BCUT2D eigenvalue weighted by molar-refractivity contribution is 6.30. The van der Waals surface area contributed by atoms with Gasteiger partial charge < -0.3 is 45.1 Å². The second-order valence-electron chi connectivity index (χ2n) is 13.3. The van der Waals surface area contributed by atoms with Crippen LogP contribution in [0.2, 0.25) is 0 Å². The van der Waals surface area contributed by atoms with E-state index >= 15 is 0 Å². The lowest BCUT2D eigenvalue weighted by molar-refractivity contribution is -0.321. The van der Waals surface area contributed by atoms with Crippen LogP contribution in [0.5, 0.6) is 11.5 Å². The number of amidine groups is 1. The Hall–Kier alpha value is -3.36. The molecule has 2 aromatic carbocycles. The van der Waals surface area contributed by atoms with E-state index in [4.69, 9.17) is 14.2 Å². The predicted molar refractivity (Wildman–Crippen MR) is 163 cm³/mol. The standard InChI is InChI=1S/C33H34N2O10.ClH/c1-13(36)33(42)14(2)43-22(10-21(33)38)44-29-18-9-17-25(26(39)16-5-4-6-20(37)24(16)27(17)40)28(41)23(18)19-12-31(29,3)45-32(19)11-15-7-8-34-30(15)35-32;/h4-6,9,11,13-14,19,21-22,29,36-38,41-42H,7-8,10,12H2,1-3H3,(H,34,35);1H/t13?,14?,19-,21?,22?,29+,31+,32?,33?;/m0./s1. The van der Waals surface area contributed by atoms with E-state index in [1.165, 1.54) is 38.1 Å². The Morgan fingerprint density at radius 2 is 1.89 bits per heavy atom. The van der Waals surface area contributed by atoms with Gasteiger partial charge in [0.1, 0.15) is 29.0 Å². The summed E-state index contributed by atoms with van der Waals surface area (Å²) >= 11 is 0. The third-order valence-electron chi connectivity index (χ3n) is 10.6. The molecule has 2 saturated heterocycles. The lowest BCUT2D eigenvalue weighted by Crippen LogP contribution is -2.64. The number of nitrogens with one attached hydrogen (secondary N) is 1. The van der Waals surface area contributed by atoms with Crippen molar-refractivity contribution >= 4 is 29.8 Å². The third-order valence-corrected chi connectivity index (χ3v) is 10.6. The molecule has 2 bridgehead atoms.